The Bertz CT molecular complexity index is 452. The lowest BCUT2D eigenvalue weighted by atomic mass is 9.67. The number of ether oxygens (including phenoxy) is 2. The first kappa shape index (κ1) is 10.1. The van der Waals surface area contributed by atoms with Gasteiger partial charge < -0.3 is 9.47 Å². The van der Waals surface area contributed by atoms with E-state index in [2.05, 4.69) is 0 Å². The van der Waals surface area contributed by atoms with Crippen LogP contribution in [0.15, 0.2) is 0 Å². The number of hydrogen-bond donors (Lipinski definition) is 0. The number of Topliss-reactive ketones (excluding diaryl/α,β-unsaturated/α-hetero) is 1. The Labute approximate surface area is 99.6 Å². The molecule has 4 atom stereocenters. The highest BCUT2D eigenvalue weighted by Crippen LogP contribution is 2.90. The zero-order valence-electron chi connectivity index (χ0n) is 10.1. The van der Waals surface area contributed by atoms with E-state index in [4.69, 9.17) is 9.47 Å². The number of rotatable bonds is 2. The van der Waals surface area contributed by atoms with E-state index in [0.717, 1.165) is 25.7 Å². The molecule has 0 aromatic rings. The van der Waals surface area contributed by atoms with E-state index in [1.165, 1.54) is 7.11 Å². The molecule has 0 amide bonds. The highest BCUT2D eigenvalue weighted by Gasteiger charge is 3.00. The number of carbonyl (C=O) groups is 2. The van der Waals surface area contributed by atoms with Crippen LogP contribution in [0.3, 0.4) is 0 Å². The largest absolute Gasteiger partial charge is 0.468 e. The standard InChI is InChI=1S/C13H16O4/c1-16-10(15)13-9-8(14)7(11(13)5-6-11)3-4-12(9,13)17-2/h7,9H,3-6H2,1-2H3/t7-,9-,12-,13-/m0/s1. The van der Waals surface area contributed by atoms with E-state index >= 15 is 0 Å². The van der Waals surface area contributed by atoms with Crippen LogP contribution in [-0.2, 0) is 19.1 Å². The van der Waals surface area contributed by atoms with Crippen molar-refractivity contribution in [2.75, 3.05) is 14.2 Å². The van der Waals surface area contributed by atoms with Crippen LogP contribution in [0.1, 0.15) is 25.7 Å². The summed E-state index contributed by atoms with van der Waals surface area (Å²) in [6.07, 6.45) is 3.70. The van der Waals surface area contributed by atoms with Crippen LogP contribution in [0.5, 0.6) is 0 Å². The van der Waals surface area contributed by atoms with Gasteiger partial charge in [-0.25, -0.2) is 0 Å². The number of carbonyl (C=O) groups excluding carboxylic acids is 2. The molecule has 0 saturated heterocycles. The van der Waals surface area contributed by atoms with Crippen LogP contribution in [0.2, 0.25) is 0 Å². The highest BCUT2D eigenvalue weighted by molar-refractivity contribution is 6.06. The SMILES string of the molecule is COC(=O)[C@]12[C@H]3C(=O)[C@H](CC[C@]31OC)C21CC1. The van der Waals surface area contributed by atoms with Crippen molar-refractivity contribution in [1.29, 1.82) is 0 Å². The molecule has 4 heteroatoms. The minimum atomic E-state index is -0.622. The molecular formula is C13H16O4. The summed E-state index contributed by atoms with van der Waals surface area (Å²) in [7, 11) is 3.05. The van der Waals surface area contributed by atoms with Gasteiger partial charge in [0, 0.05) is 13.0 Å². The minimum absolute atomic E-state index is 0.101. The summed E-state index contributed by atoms with van der Waals surface area (Å²) < 4.78 is 10.7. The number of methoxy groups -OCH3 is 2. The predicted molar refractivity (Wildman–Crippen MR) is 57.1 cm³/mol. The van der Waals surface area contributed by atoms with Gasteiger partial charge >= 0.3 is 5.97 Å². The third kappa shape index (κ3) is 0.651. The van der Waals surface area contributed by atoms with Gasteiger partial charge in [0.05, 0.1) is 18.6 Å². The van der Waals surface area contributed by atoms with E-state index in [0.29, 0.717) is 0 Å². The zero-order chi connectivity index (χ0) is 12.1. The lowest BCUT2D eigenvalue weighted by Gasteiger charge is -2.39. The van der Waals surface area contributed by atoms with Crippen molar-refractivity contribution in [2.24, 2.45) is 22.7 Å². The van der Waals surface area contributed by atoms with Gasteiger partial charge in [-0.1, -0.05) is 0 Å². The minimum Gasteiger partial charge on any atom is -0.468 e. The first-order valence-corrected chi connectivity index (χ1v) is 6.30. The number of ketones is 1. The first-order chi connectivity index (χ1) is 8.12. The van der Waals surface area contributed by atoms with Gasteiger partial charge in [0.2, 0.25) is 0 Å². The number of fused-ring (bicyclic) bond motifs is 1. The molecule has 0 aliphatic heterocycles. The number of esters is 1. The van der Waals surface area contributed by atoms with Crippen LogP contribution in [0.4, 0.5) is 0 Å². The molecule has 92 valence electrons. The molecule has 4 nitrogen and oxygen atoms in total. The molecule has 5 fully saturated rings. The molecule has 0 aromatic carbocycles. The molecular weight excluding hydrogens is 220 g/mol. The van der Waals surface area contributed by atoms with Crippen molar-refractivity contribution < 1.29 is 19.1 Å². The van der Waals surface area contributed by atoms with Crippen molar-refractivity contribution in [2.45, 2.75) is 31.3 Å². The molecule has 5 saturated carbocycles. The second-order valence-corrected chi connectivity index (χ2v) is 5.98. The smallest absolute Gasteiger partial charge is 0.316 e. The summed E-state index contributed by atoms with van der Waals surface area (Å²) in [6.45, 7) is 0. The van der Waals surface area contributed by atoms with Crippen LogP contribution in [0.25, 0.3) is 0 Å². The van der Waals surface area contributed by atoms with Gasteiger partial charge in [-0.2, -0.15) is 0 Å². The second kappa shape index (κ2) is 2.44. The summed E-state index contributed by atoms with van der Waals surface area (Å²) >= 11 is 0. The average Bonchev–Trinajstić information content (AvgIpc) is 3.20. The lowest BCUT2D eigenvalue weighted by Crippen LogP contribution is -2.47. The Hall–Kier alpha value is -0.900. The normalized spacial score (nSPS) is 51.5. The molecule has 5 rings (SSSR count). The Morgan fingerprint density at radius 1 is 1.29 bits per heavy atom. The van der Waals surface area contributed by atoms with E-state index in [9.17, 15) is 9.59 Å². The summed E-state index contributed by atoms with van der Waals surface area (Å²) in [5, 5.41) is 0. The van der Waals surface area contributed by atoms with Gasteiger partial charge in [-0.05, 0) is 31.1 Å². The molecule has 0 unspecified atom stereocenters. The highest BCUT2D eigenvalue weighted by atomic mass is 16.5. The van der Waals surface area contributed by atoms with Gasteiger partial charge in [0.1, 0.15) is 11.2 Å². The molecule has 5 aliphatic rings. The third-order valence-electron chi connectivity index (χ3n) is 6.03. The van der Waals surface area contributed by atoms with Crippen LogP contribution in [0, 0.1) is 22.7 Å². The molecule has 0 N–H and O–H groups in total. The monoisotopic (exact) mass is 236 g/mol. The van der Waals surface area contributed by atoms with E-state index in [-0.39, 0.29) is 29.0 Å². The Balaban J connectivity index is 1.93. The predicted octanol–water partition coefficient (Wildman–Crippen LogP) is 0.934. The molecule has 0 radical (unpaired) electrons. The topological polar surface area (TPSA) is 52.6 Å². The van der Waals surface area contributed by atoms with Crippen LogP contribution < -0.4 is 0 Å². The fourth-order valence-corrected chi connectivity index (χ4v) is 5.44. The average molecular weight is 236 g/mol. The molecule has 0 aromatic heterocycles. The van der Waals surface area contributed by atoms with E-state index in [1.54, 1.807) is 7.11 Å². The van der Waals surface area contributed by atoms with Gasteiger partial charge in [0.15, 0.2) is 0 Å². The second-order valence-electron chi connectivity index (χ2n) is 5.98. The Morgan fingerprint density at radius 2 is 2.00 bits per heavy atom. The third-order valence-corrected chi connectivity index (χ3v) is 6.03. The van der Waals surface area contributed by atoms with Gasteiger partial charge in [-0.3, -0.25) is 9.59 Å². The van der Waals surface area contributed by atoms with Crippen LogP contribution in [-0.4, -0.2) is 31.6 Å². The fourth-order valence-electron chi connectivity index (χ4n) is 5.44. The lowest BCUT2D eigenvalue weighted by molar-refractivity contribution is -0.160. The summed E-state index contributed by atoms with van der Waals surface area (Å²) in [5.41, 5.74) is -1.25. The molecule has 17 heavy (non-hydrogen) atoms. The zero-order valence-corrected chi connectivity index (χ0v) is 10.1. The maximum Gasteiger partial charge on any atom is 0.316 e. The van der Waals surface area contributed by atoms with Crippen molar-refractivity contribution in [3.05, 3.63) is 0 Å². The first-order valence-electron chi connectivity index (χ1n) is 6.30. The Kier molecular flexibility index (Phi) is 1.44. The van der Waals surface area contributed by atoms with Crippen molar-refractivity contribution in [3.8, 4) is 0 Å². The molecule has 4 bridgehead atoms. The molecule has 0 heterocycles. The quantitative estimate of drug-likeness (QED) is 0.669. The summed E-state index contributed by atoms with van der Waals surface area (Å²) in [4.78, 5) is 24.6. The summed E-state index contributed by atoms with van der Waals surface area (Å²) in [6, 6.07) is 0. The van der Waals surface area contributed by atoms with E-state index in [1.807, 2.05) is 0 Å². The van der Waals surface area contributed by atoms with Crippen molar-refractivity contribution in [1.82, 2.24) is 0 Å². The molecule has 5 aliphatic carbocycles. The van der Waals surface area contributed by atoms with Crippen molar-refractivity contribution >= 4 is 11.8 Å². The van der Waals surface area contributed by atoms with E-state index < -0.39 is 11.0 Å². The number of hydrogen-bond acceptors (Lipinski definition) is 4. The van der Waals surface area contributed by atoms with Crippen molar-refractivity contribution in [3.63, 3.8) is 0 Å². The van der Waals surface area contributed by atoms with Gasteiger partial charge in [-0.15, -0.1) is 0 Å². The fraction of sp³-hybridized carbons (Fsp3) is 0.846. The van der Waals surface area contributed by atoms with Gasteiger partial charge in [0.25, 0.3) is 0 Å². The Morgan fingerprint density at radius 3 is 2.47 bits per heavy atom. The van der Waals surface area contributed by atoms with Crippen LogP contribution >= 0.6 is 0 Å². The molecule has 1 spiro atoms. The maximum absolute atomic E-state index is 12.4. The summed E-state index contributed by atoms with van der Waals surface area (Å²) in [5.74, 6) is -0.0595. The maximum atomic E-state index is 12.4.